The number of rotatable bonds is 7. The molecule has 9 nitrogen and oxygen atoms in total. The molecule has 3 aromatic rings. The quantitative estimate of drug-likeness (QED) is 0.507. The van der Waals surface area contributed by atoms with E-state index in [4.69, 9.17) is 28.4 Å². The molecule has 4 rings (SSSR count). The van der Waals surface area contributed by atoms with Crippen LogP contribution in [0.3, 0.4) is 0 Å². The van der Waals surface area contributed by atoms with Gasteiger partial charge in [0.25, 0.3) is 0 Å². The van der Waals surface area contributed by atoms with E-state index in [1.54, 1.807) is 30.3 Å². The van der Waals surface area contributed by atoms with Crippen molar-refractivity contribution in [3.63, 3.8) is 0 Å². The predicted molar refractivity (Wildman–Crippen MR) is 122 cm³/mol. The lowest BCUT2D eigenvalue weighted by atomic mass is 9.88. The molecule has 0 spiro atoms. The van der Waals surface area contributed by atoms with Crippen molar-refractivity contribution in [3.05, 3.63) is 41.5 Å². The molecular formula is C25H24O9. The molecule has 1 heterocycles. The number of esters is 2. The zero-order chi connectivity index (χ0) is 24.4. The third-order valence-corrected chi connectivity index (χ3v) is 5.39. The molecular weight excluding hydrogens is 444 g/mol. The monoisotopic (exact) mass is 468 g/mol. The van der Waals surface area contributed by atoms with E-state index in [0.29, 0.717) is 52.7 Å². The first-order valence-corrected chi connectivity index (χ1v) is 10.6. The van der Waals surface area contributed by atoms with E-state index in [1.165, 1.54) is 7.11 Å². The second-order valence-electron chi connectivity index (χ2n) is 7.24. The average molecular weight is 468 g/mol. The van der Waals surface area contributed by atoms with Gasteiger partial charge in [-0.2, -0.15) is 0 Å². The third kappa shape index (κ3) is 3.79. The van der Waals surface area contributed by atoms with Gasteiger partial charge < -0.3 is 33.5 Å². The van der Waals surface area contributed by atoms with Gasteiger partial charge in [0.2, 0.25) is 6.79 Å². The van der Waals surface area contributed by atoms with Gasteiger partial charge in [-0.05, 0) is 49.1 Å². The smallest absolute Gasteiger partial charge is 0.342 e. The van der Waals surface area contributed by atoms with Crippen LogP contribution in [0.2, 0.25) is 0 Å². The van der Waals surface area contributed by atoms with Crippen LogP contribution < -0.4 is 18.9 Å². The van der Waals surface area contributed by atoms with Crippen molar-refractivity contribution in [2.75, 3.05) is 34.2 Å². The Morgan fingerprint density at radius 1 is 0.853 bits per heavy atom. The van der Waals surface area contributed by atoms with Crippen LogP contribution in [0.5, 0.6) is 28.7 Å². The largest absolute Gasteiger partial charge is 0.506 e. The number of aromatic hydroxyl groups is 1. The molecule has 9 heteroatoms. The number of hydrogen-bond acceptors (Lipinski definition) is 9. The maximum atomic E-state index is 13.0. The van der Waals surface area contributed by atoms with Crippen LogP contribution >= 0.6 is 0 Å². The Morgan fingerprint density at radius 2 is 1.44 bits per heavy atom. The van der Waals surface area contributed by atoms with E-state index in [9.17, 15) is 14.7 Å². The zero-order valence-electron chi connectivity index (χ0n) is 19.2. The lowest BCUT2D eigenvalue weighted by molar-refractivity contribution is 0.0553. The molecule has 0 atom stereocenters. The number of phenols is 1. The van der Waals surface area contributed by atoms with Crippen molar-refractivity contribution in [2.24, 2.45) is 0 Å². The summed E-state index contributed by atoms with van der Waals surface area (Å²) in [4.78, 5) is 25.8. The Hall–Kier alpha value is -4.14. The summed E-state index contributed by atoms with van der Waals surface area (Å²) in [6.07, 6.45) is 0. The van der Waals surface area contributed by atoms with E-state index >= 15 is 0 Å². The highest BCUT2D eigenvalue weighted by Gasteiger charge is 2.32. The molecule has 0 aliphatic carbocycles. The Labute approximate surface area is 195 Å². The van der Waals surface area contributed by atoms with Crippen molar-refractivity contribution in [3.8, 4) is 39.9 Å². The van der Waals surface area contributed by atoms with Crippen LogP contribution in [0.25, 0.3) is 21.9 Å². The molecule has 0 unspecified atom stereocenters. The fourth-order valence-corrected chi connectivity index (χ4v) is 3.97. The molecule has 34 heavy (non-hydrogen) atoms. The number of fused-ring (bicyclic) bond motifs is 2. The first-order chi connectivity index (χ1) is 16.4. The Kier molecular flexibility index (Phi) is 6.36. The number of phenolic OH excluding ortho intramolecular Hbond substituents is 1. The molecule has 3 aromatic carbocycles. The summed E-state index contributed by atoms with van der Waals surface area (Å²) in [5.41, 5.74) is 0.399. The summed E-state index contributed by atoms with van der Waals surface area (Å²) in [6.45, 7) is 4.53. The maximum absolute atomic E-state index is 13.0. The van der Waals surface area contributed by atoms with Crippen LogP contribution in [-0.2, 0) is 9.47 Å². The topological polar surface area (TPSA) is 110 Å². The van der Waals surface area contributed by atoms with Gasteiger partial charge >= 0.3 is 11.9 Å². The highest BCUT2D eigenvalue weighted by Crippen LogP contribution is 2.47. The predicted octanol–water partition coefficient (Wildman–Crippen LogP) is 4.31. The minimum absolute atomic E-state index is 0.00695. The minimum Gasteiger partial charge on any atom is -0.506 e. The van der Waals surface area contributed by atoms with Crippen molar-refractivity contribution in [1.29, 1.82) is 0 Å². The Bertz CT molecular complexity index is 1280. The van der Waals surface area contributed by atoms with Crippen molar-refractivity contribution in [2.45, 2.75) is 13.8 Å². The number of carbonyl (C=O) groups excluding carboxylic acids is 2. The van der Waals surface area contributed by atoms with Gasteiger partial charge in [0.1, 0.15) is 11.3 Å². The molecule has 0 bridgehead atoms. The lowest BCUT2D eigenvalue weighted by Crippen LogP contribution is -2.14. The molecule has 0 radical (unpaired) electrons. The van der Waals surface area contributed by atoms with E-state index in [-0.39, 0.29) is 23.3 Å². The van der Waals surface area contributed by atoms with Gasteiger partial charge in [0.15, 0.2) is 23.0 Å². The minimum atomic E-state index is -0.894. The molecule has 0 amide bonds. The molecule has 178 valence electrons. The first-order valence-electron chi connectivity index (χ1n) is 10.6. The van der Waals surface area contributed by atoms with Crippen LogP contribution in [0.15, 0.2) is 30.3 Å². The van der Waals surface area contributed by atoms with E-state index in [1.807, 2.05) is 13.8 Å². The Balaban J connectivity index is 2.15. The second kappa shape index (κ2) is 9.38. The summed E-state index contributed by atoms with van der Waals surface area (Å²) >= 11 is 0. The van der Waals surface area contributed by atoms with Crippen molar-refractivity contribution >= 4 is 22.7 Å². The summed E-state index contributed by atoms with van der Waals surface area (Å²) in [6, 6.07) is 8.36. The fourth-order valence-electron chi connectivity index (χ4n) is 3.97. The average Bonchev–Trinajstić information content (AvgIpc) is 3.31. The third-order valence-electron chi connectivity index (χ3n) is 5.39. The number of methoxy groups -OCH3 is 2. The molecule has 1 aliphatic rings. The van der Waals surface area contributed by atoms with E-state index < -0.39 is 17.7 Å². The molecule has 0 aromatic heterocycles. The van der Waals surface area contributed by atoms with Crippen LogP contribution in [0, 0.1) is 0 Å². The summed E-state index contributed by atoms with van der Waals surface area (Å²) in [5, 5.41) is 11.8. The molecule has 0 saturated carbocycles. The summed E-state index contributed by atoms with van der Waals surface area (Å²) in [5.74, 6) is -0.323. The lowest BCUT2D eigenvalue weighted by Gasteiger charge is -2.19. The highest BCUT2D eigenvalue weighted by molar-refractivity contribution is 6.18. The molecule has 1 aliphatic heterocycles. The number of hydrogen-bond donors (Lipinski definition) is 1. The van der Waals surface area contributed by atoms with Gasteiger partial charge in [-0.15, -0.1) is 0 Å². The second-order valence-corrected chi connectivity index (χ2v) is 7.24. The maximum Gasteiger partial charge on any atom is 0.342 e. The van der Waals surface area contributed by atoms with E-state index in [0.717, 1.165) is 7.11 Å². The number of carbonyl (C=O) groups is 2. The number of ether oxygens (including phenoxy) is 6. The van der Waals surface area contributed by atoms with Crippen LogP contribution in [0.1, 0.15) is 34.6 Å². The van der Waals surface area contributed by atoms with Crippen LogP contribution in [-0.4, -0.2) is 51.3 Å². The summed E-state index contributed by atoms with van der Waals surface area (Å²) < 4.78 is 32.3. The standard InChI is InChI=1S/C25H24O9/c1-5-31-16-8-7-13(9-17(16)32-6-2)20-14-10-18-19(34-12-33-18)11-15(14)23(26)22(25(28)30-4)21(20)24(27)29-3/h7-11,26H,5-6,12H2,1-4H3. The zero-order valence-corrected chi connectivity index (χ0v) is 19.2. The number of benzene rings is 3. The molecule has 1 N–H and O–H groups in total. The van der Waals surface area contributed by atoms with Crippen LogP contribution in [0.4, 0.5) is 0 Å². The highest BCUT2D eigenvalue weighted by atomic mass is 16.7. The Morgan fingerprint density at radius 3 is 2.06 bits per heavy atom. The summed E-state index contributed by atoms with van der Waals surface area (Å²) in [7, 11) is 2.36. The van der Waals surface area contributed by atoms with Gasteiger partial charge in [-0.1, -0.05) is 6.07 Å². The van der Waals surface area contributed by atoms with Crippen molar-refractivity contribution < 1.29 is 43.1 Å². The normalized spacial score (nSPS) is 11.9. The molecule has 0 saturated heterocycles. The van der Waals surface area contributed by atoms with Gasteiger partial charge in [-0.3, -0.25) is 0 Å². The molecule has 0 fully saturated rings. The fraction of sp³-hybridized carbons (Fsp3) is 0.280. The van der Waals surface area contributed by atoms with Gasteiger partial charge in [-0.25, -0.2) is 9.59 Å². The van der Waals surface area contributed by atoms with Gasteiger partial charge in [0, 0.05) is 10.9 Å². The SMILES string of the molecule is CCOc1ccc(-c2c(C(=O)OC)c(C(=O)OC)c(O)c3cc4c(cc23)OCO4)cc1OCC. The van der Waals surface area contributed by atoms with Gasteiger partial charge in [0.05, 0.1) is 33.0 Å². The first kappa shape index (κ1) is 23.0. The van der Waals surface area contributed by atoms with Crippen molar-refractivity contribution in [1.82, 2.24) is 0 Å². The van der Waals surface area contributed by atoms with E-state index in [2.05, 4.69) is 0 Å².